The molecule has 0 fully saturated rings. The monoisotopic (exact) mass is 370 g/mol. The van der Waals surface area contributed by atoms with Gasteiger partial charge in [0, 0.05) is 12.3 Å². The van der Waals surface area contributed by atoms with Crippen molar-refractivity contribution in [3.63, 3.8) is 0 Å². The van der Waals surface area contributed by atoms with Crippen LogP contribution in [0.3, 0.4) is 0 Å². The fourth-order valence-corrected chi connectivity index (χ4v) is 2.16. The molecule has 0 saturated carbocycles. The molecule has 6 nitrogen and oxygen atoms in total. The van der Waals surface area contributed by atoms with Gasteiger partial charge in [-0.15, -0.1) is 0 Å². The van der Waals surface area contributed by atoms with Crippen LogP contribution in [-0.2, 0) is 14.6 Å². The molecule has 17 heavy (non-hydrogen) atoms. The van der Waals surface area contributed by atoms with E-state index in [-0.39, 0.29) is 17.3 Å². The Hall–Kier alpha value is -1.03. The first-order valence-corrected chi connectivity index (χ1v) is 7.43. The molecule has 1 amide bonds. The molecule has 0 unspecified atom stereocenters. The van der Waals surface area contributed by atoms with E-state index in [0.29, 0.717) is 5.69 Å². The minimum Gasteiger partial charge on any atom is -0.482 e. The van der Waals surface area contributed by atoms with Gasteiger partial charge in [-0.05, 0) is 12.1 Å². The fraction of sp³-hybridized carbons (Fsp3) is 0.222. The first kappa shape index (κ1) is 14.0. The molecule has 0 atom stereocenters. The van der Waals surface area contributed by atoms with Crippen molar-refractivity contribution in [2.45, 2.75) is 4.90 Å². The molecular weight excluding hydrogens is 359 g/mol. The Labute approximate surface area is 113 Å². The number of amides is 1. The van der Waals surface area contributed by atoms with E-state index in [2.05, 4.69) is 3.53 Å². The van der Waals surface area contributed by atoms with Crippen LogP contribution >= 0.6 is 22.9 Å². The highest BCUT2D eigenvalue weighted by atomic mass is 127. The van der Waals surface area contributed by atoms with Gasteiger partial charge in [-0.25, -0.2) is 8.42 Å². The molecule has 0 heterocycles. The predicted molar refractivity (Wildman–Crippen MR) is 71.9 cm³/mol. The Balaban J connectivity index is 3.11. The summed E-state index contributed by atoms with van der Waals surface area (Å²) in [5, 5.41) is 0. The Morgan fingerprint density at radius 1 is 1.53 bits per heavy atom. The molecule has 0 aliphatic rings. The van der Waals surface area contributed by atoms with Gasteiger partial charge in [-0.1, -0.05) is 0 Å². The lowest BCUT2D eigenvalue weighted by Gasteiger charge is -2.10. The van der Waals surface area contributed by atoms with Gasteiger partial charge in [0.15, 0.2) is 16.4 Å². The maximum absolute atomic E-state index is 11.4. The van der Waals surface area contributed by atoms with Gasteiger partial charge in [0.2, 0.25) is 0 Å². The zero-order valence-electron chi connectivity index (χ0n) is 8.94. The second-order valence-electron chi connectivity index (χ2n) is 3.28. The third-order valence-corrected chi connectivity index (χ3v) is 3.54. The van der Waals surface area contributed by atoms with Gasteiger partial charge in [0.1, 0.15) is 5.75 Å². The number of nitrogens with two attached hydrogens (primary N) is 1. The lowest BCUT2D eigenvalue weighted by atomic mass is 10.3. The molecule has 0 aliphatic carbocycles. The highest BCUT2D eigenvalue weighted by Gasteiger charge is 2.12. The highest BCUT2D eigenvalue weighted by Crippen LogP contribution is 2.28. The van der Waals surface area contributed by atoms with Crippen LogP contribution in [0.5, 0.6) is 5.75 Å². The molecule has 1 rings (SSSR count). The van der Waals surface area contributed by atoms with Crippen molar-refractivity contribution in [2.24, 2.45) is 5.73 Å². The van der Waals surface area contributed by atoms with Gasteiger partial charge in [0.25, 0.3) is 5.91 Å². The van der Waals surface area contributed by atoms with Crippen LogP contribution in [0.2, 0.25) is 0 Å². The summed E-state index contributed by atoms with van der Waals surface area (Å²) in [5.74, 6) is -0.365. The third kappa shape index (κ3) is 4.04. The first-order valence-electron chi connectivity index (χ1n) is 4.46. The summed E-state index contributed by atoms with van der Waals surface area (Å²) >= 11 is 1.87. The molecule has 3 N–H and O–H groups in total. The van der Waals surface area contributed by atoms with E-state index in [1.54, 1.807) is 6.07 Å². The van der Waals surface area contributed by atoms with E-state index in [0.717, 1.165) is 6.26 Å². The number of hydrogen-bond acceptors (Lipinski definition) is 5. The molecule has 1 aromatic carbocycles. The number of carbonyl (C=O) groups excluding carboxylic acids is 1. The summed E-state index contributed by atoms with van der Waals surface area (Å²) in [6.07, 6.45) is 1.09. The van der Waals surface area contributed by atoms with Crippen LogP contribution in [0.15, 0.2) is 23.1 Å². The SMILES string of the molecule is CS(=O)(=O)c1ccc(NI)c(OCC(N)=O)c1. The van der Waals surface area contributed by atoms with E-state index < -0.39 is 15.7 Å². The Morgan fingerprint density at radius 3 is 2.65 bits per heavy atom. The second kappa shape index (κ2) is 5.54. The van der Waals surface area contributed by atoms with Gasteiger partial charge in [-0.2, -0.15) is 0 Å². The number of nitrogens with one attached hydrogen (secondary N) is 1. The summed E-state index contributed by atoms with van der Waals surface area (Å²) in [6.45, 7) is -0.307. The summed E-state index contributed by atoms with van der Waals surface area (Å²) in [7, 11) is -3.32. The average Bonchev–Trinajstić information content (AvgIpc) is 2.24. The van der Waals surface area contributed by atoms with Gasteiger partial charge >= 0.3 is 0 Å². The number of anilines is 1. The van der Waals surface area contributed by atoms with Crippen LogP contribution in [0, 0.1) is 0 Å². The molecule has 0 spiro atoms. The molecule has 0 bridgehead atoms. The molecular formula is C9H11IN2O4S. The van der Waals surface area contributed by atoms with Crippen molar-refractivity contribution in [2.75, 3.05) is 16.4 Å². The number of halogens is 1. The van der Waals surface area contributed by atoms with Crippen LogP contribution in [0.1, 0.15) is 0 Å². The Bertz CT molecular complexity index is 530. The fourth-order valence-electron chi connectivity index (χ4n) is 1.08. The maximum atomic E-state index is 11.4. The van der Waals surface area contributed by atoms with Crippen molar-refractivity contribution >= 4 is 44.3 Å². The van der Waals surface area contributed by atoms with Crippen LogP contribution in [-0.4, -0.2) is 27.2 Å². The number of ether oxygens (including phenoxy) is 1. The molecule has 0 aromatic heterocycles. The quantitative estimate of drug-likeness (QED) is 0.588. The van der Waals surface area contributed by atoms with Crippen molar-refractivity contribution in [1.82, 2.24) is 0 Å². The van der Waals surface area contributed by atoms with Gasteiger partial charge in [-0.3, -0.25) is 4.79 Å². The standard InChI is InChI=1S/C9H11IN2O4S/c1-17(14,15)6-2-3-7(12-10)8(4-6)16-5-9(11)13/h2-4,12H,5H2,1H3,(H2,11,13). The minimum atomic E-state index is -3.32. The number of benzene rings is 1. The first-order chi connectivity index (χ1) is 7.84. The normalized spacial score (nSPS) is 10.9. The van der Waals surface area contributed by atoms with E-state index in [9.17, 15) is 13.2 Å². The maximum Gasteiger partial charge on any atom is 0.255 e. The van der Waals surface area contributed by atoms with Crippen LogP contribution < -0.4 is 14.0 Å². The van der Waals surface area contributed by atoms with E-state index in [4.69, 9.17) is 10.5 Å². The van der Waals surface area contributed by atoms with E-state index in [1.807, 2.05) is 22.9 Å². The van der Waals surface area contributed by atoms with Gasteiger partial charge in [0.05, 0.1) is 33.4 Å². The Kier molecular flexibility index (Phi) is 4.57. The molecule has 0 aliphatic heterocycles. The van der Waals surface area contributed by atoms with Crippen LogP contribution in [0.25, 0.3) is 0 Å². The lowest BCUT2D eigenvalue weighted by Crippen LogP contribution is -2.20. The van der Waals surface area contributed by atoms with Crippen molar-refractivity contribution < 1.29 is 17.9 Å². The predicted octanol–water partition coefficient (Wildman–Crippen LogP) is 0.716. The zero-order valence-corrected chi connectivity index (χ0v) is 11.9. The van der Waals surface area contributed by atoms with Crippen LogP contribution in [0.4, 0.5) is 5.69 Å². The smallest absolute Gasteiger partial charge is 0.255 e. The number of sulfone groups is 1. The number of primary amides is 1. The molecule has 0 saturated heterocycles. The molecule has 1 aromatic rings. The highest BCUT2D eigenvalue weighted by molar-refractivity contribution is 14.1. The molecule has 8 heteroatoms. The summed E-state index contributed by atoms with van der Waals surface area (Å²) in [5.41, 5.74) is 5.52. The van der Waals surface area contributed by atoms with E-state index >= 15 is 0 Å². The Morgan fingerprint density at radius 2 is 2.18 bits per heavy atom. The summed E-state index contributed by atoms with van der Waals surface area (Å²) < 4.78 is 30.6. The molecule has 0 radical (unpaired) electrons. The topological polar surface area (TPSA) is 98.5 Å². The number of rotatable bonds is 5. The lowest BCUT2D eigenvalue weighted by molar-refractivity contribution is -0.119. The summed E-state index contributed by atoms with van der Waals surface area (Å²) in [6, 6.07) is 4.35. The largest absolute Gasteiger partial charge is 0.482 e. The number of hydrogen-bond donors (Lipinski definition) is 2. The van der Waals surface area contributed by atoms with E-state index in [1.165, 1.54) is 12.1 Å². The zero-order chi connectivity index (χ0) is 13.1. The molecule has 94 valence electrons. The summed E-state index contributed by atoms with van der Waals surface area (Å²) in [4.78, 5) is 10.7. The minimum absolute atomic E-state index is 0.118. The van der Waals surface area contributed by atoms with Crippen molar-refractivity contribution in [3.8, 4) is 5.75 Å². The van der Waals surface area contributed by atoms with Gasteiger partial charge < -0.3 is 14.0 Å². The number of carbonyl (C=O) groups is 1. The second-order valence-corrected chi connectivity index (χ2v) is 5.83. The van der Waals surface area contributed by atoms with Crippen molar-refractivity contribution in [3.05, 3.63) is 18.2 Å². The van der Waals surface area contributed by atoms with Crippen molar-refractivity contribution in [1.29, 1.82) is 0 Å². The average molecular weight is 370 g/mol. The third-order valence-electron chi connectivity index (χ3n) is 1.85.